The molecule has 10 heteroatoms. The Balaban J connectivity index is 2.17. The Morgan fingerprint density at radius 2 is 1.67 bits per heavy atom. The molecule has 0 aromatic heterocycles. The predicted octanol–water partition coefficient (Wildman–Crippen LogP) is 4.71. The van der Waals surface area contributed by atoms with E-state index in [0.29, 0.717) is 0 Å². The van der Waals surface area contributed by atoms with Crippen molar-refractivity contribution in [3.8, 4) is 11.5 Å². The Kier molecular flexibility index (Phi) is 9.12. The van der Waals surface area contributed by atoms with Crippen LogP contribution < -0.4 is 9.47 Å². The molecule has 0 spiro atoms. The van der Waals surface area contributed by atoms with Gasteiger partial charge in [0.05, 0.1) is 15.9 Å². The molecule has 0 fully saturated rings. The van der Waals surface area contributed by atoms with E-state index in [2.05, 4.69) is 4.74 Å². The number of hydrogen-bond acceptors (Lipinski definition) is 5. The molecule has 2 aromatic rings. The summed E-state index contributed by atoms with van der Waals surface area (Å²) in [6.07, 6.45) is -0.953. The highest BCUT2D eigenvalue weighted by atomic mass is 35.5. The van der Waals surface area contributed by atoms with Crippen molar-refractivity contribution in [3.63, 3.8) is 0 Å². The van der Waals surface area contributed by atoms with E-state index in [0.717, 1.165) is 12.1 Å². The lowest BCUT2D eigenvalue weighted by atomic mass is 10.00. The van der Waals surface area contributed by atoms with Crippen molar-refractivity contribution in [2.75, 3.05) is 32.8 Å². The Morgan fingerprint density at radius 3 is 2.20 bits per heavy atom. The van der Waals surface area contributed by atoms with E-state index in [1.165, 1.54) is 31.4 Å². The van der Waals surface area contributed by atoms with E-state index >= 15 is 0 Å². The fourth-order valence-corrected chi connectivity index (χ4v) is 3.08. The lowest BCUT2D eigenvalue weighted by Gasteiger charge is -2.20. The fourth-order valence-electron chi connectivity index (χ4n) is 2.40. The number of aliphatic hydroxyl groups excluding tert-OH is 1. The minimum atomic E-state index is -3.41. The first-order valence-electron chi connectivity index (χ1n) is 8.67. The minimum absolute atomic E-state index is 0.0217. The number of alkyl halides is 3. The van der Waals surface area contributed by atoms with Crippen LogP contribution in [0.25, 0.3) is 0 Å². The average Bonchev–Trinajstić information content (AvgIpc) is 2.71. The Bertz CT molecular complexity index is 839. The summed E-state index contributed by atoms with van der Waals surface area (Å²) in [6, 6.07) is 7.11. The van der Waals surface area contributed by atoms with E-state index < -0.39 is 17.6 Å². The number of aliphatic hydroxyl groups is 1. The Labute approximate surface area is 187 Å². The number of ketones is 1. The Hall–Kier alpha value is -1.64. The van der Waals surface area contributed by atoms with Crippen LogP contribution in [0.1, 0.15) is 11.1 Å². The van der Waals surface area contributed by atoms with Crippen molar-refractivity contribution in [1.29, 1.82) is 0 Å². The zero-order chi connectivity index (χ0) is 22.3. The normalized spacial score (nSPS) is 12.5. The van der Waals surface area contributed by atoms with Gasteiger partial charge in [0.2, 0.25) is 0 Å². The standard InChI is InChI=1S/C20H19Cl3F2O5/c1-28-9-15(27)11-29-16-4-2-12(3-5-16)20(24,25)13-6-17(22)19(18(23)7-13)30-10-14(26)8-21/h2-7,14,26H,8-11H2,1H3/t14-/m1/s1. The molecule has 0 heterocycles. The van der Waals surface area contributed by atoms with Crippen LogP contribution in [0.4, 0.5) is 8.78 Å². The van der Waals surface area contributed by atoms with E-state index in [9.17, 15) is 18.7 Å². The number of halogens is 5. The van der Waals surface area contributed by atoms with Gasteiger partial charge in [-0.25, -0.2) is 0 Å². The third-order valence-electron chi connectivity index (χ3n) is 3.88. The molecule has 2 rings (SSSR count). The van der Waals surface area contributed by atoms with Crippen molar-refractivity contribution in [1.82, 2.24) is 0 Å². The number of hydrogen-bond donors (Lipinski definition) is 1. The van der Waals surface area contributed by atoms with Crippen LogP contribution in [0.3, 0.4) is 0 Å². The zero-order valence-electron chi connectivity index (χ0n) is 15.8. The highest BCUT2D eigenvalue weighted by Gasteiger charge is 2.35. The maximum absolute atomic E-state index is 15.0. The molecule has 0 bridgehead atoms. The maximum atomic E-state index is 15.0. The topological polar surface area (TPSA) is 65.0 Å². The third kappa shape index (κ3) is 6.43. The van der Waals surface area contributed by atoms with Gasteiger partial charge in [-0.3, -0.25) is 4.79 Å². The summed E-state index contributed by atoms with van der Waals surface area (Å²) in [4.78, 5) is 11.4. The second-order valence-corrected chi connectivity index (χ2v) is 7.37. The van der Waals surface area contributed by atoms with Gasteiger partial charge in [0.1, 0.15) is 31.7 Å². The van der Waals surface area contributed by atoms with Gasteiger partial charge < -0.3 is 19.3 Å². The highest BCUT2D eigenvalue weighted by molar-refractivity contribution is 6.37. The molecule has 0 aliphatic rings. The molecule has 30 heavy (non-hydrogen) atoms. The Morgan fingerprint density at radius 1 is 1.07 bits per heavy atom. The molecule has 0 radical (unpaired) electrons. The second-order valence-electron chi connectivity index (χ2n) is 6.25. The first-order valence-corrected chi connectivity index (χ1v) is 9.96. The molecule has 0 aliphatic carbocycles. The molecule has 164 valence electrons. The number of ether oxygens (including phenoxy) is 3. The second kappa shape index (κ2) is 11.1. The van der Waals surface area contributed by atoms with Gasteiger partial charge in [0.15, 0.2) is 11.5 Å². The van der Waals surface area contributed by atoms with E-state index in [1.807, 2.05) is 0 Å². The minimum Gasteiger partial charge on any atom is -0.488 e. The fraction of sp³-hybridized carbons (Fsp3) is 0.350. The molecular formula is C20H19Cl3F2O5. The highest BCUT2D eigenvalue weighted by Crippen LogP contribution is 2.42. The SMILES string of the molecule is COCC(=O)COc1ccc(C(F)(F)c2cc(Cl)c(OC[C@H](O)CCl)c(Cl)c2)cc1. The van der Waals surface area contributed by atoms with Gasteiger partial charge in [0.25, 0.3) is 5.92 Å². The number of benzene rings is 2. The van der Waals surface area contributed by atoms with Crippen LogP contribution in [0.15, 0.2) is 36.4 Å². The van der Waals surface area contributed by atoms with E-state index in [-0.39, 0.29) is 58.6 Å². The first kappa shape index (κ1) is 24.6. The average molecular weight is 484 g/mol. The van der Waals surface area contributed by atoms with Crippen molar-refractivity contribution in [3.05, 3.63) is 57.6 Å². The van der Waals surface area contributed by atoms with E-state index in [1.54, 1.807) is 0 Å². The summed E-state index contributed by atoms with van der Waals surface area (Å²) in [5, 5.41) is 9.19. The van der Waals surface area contributed by atoms with Crippen LogP contribution in [0.2, 0.25) is 10.0 Å². The molecule has 0 saturated heterocycles. The maximum Gasteiger partial charge on any atom is 0.298 e. The predicted molar refractivity (Wildman–Crippen MR) is 110 cm³/mol. The largest absolute Gasteiger partial charge is 0.488 e. The van der Waals surface area contributed by atoms with Crippen LogP contribution >= 0.6 is 34.8 Å². The van der Waals surface area contributed by atoms with Crippen LogP contribution in [0.5, 0.6) is 11.5 Å². The van der Waals surface area contributed by atoms with Crippen molar-refractivity contribution in [2.24, 2.45) is 0 Å². The zero-order valence-corrected chi connectivity index (χ0v) is 18.1. The van der Waals surface area contributed by atoms with Gasteiger partial charge in [-0.15, -0.1) is 11.6 Å². The van der Waals surface area contributed by atoms with Crippen molar-refractivity contribution in [2.45, 2.75) is 12.0 Å². The van der Waals surface area contributed by atoms with Crippen LogP contribution in [-0.4, -0.2) is 49.8 Å². The van der Waals surface area contributed by atoms with Gasteiger partial charge in [-0.2, -0.15) is 8.78 Å². The number of rotatable bonds is 11. The van der Waals surface area contributed by atoms with Gasteiger partial charge >= 0.3 is 0 Å². The molecule has 5 nitrogen and oxygen atoms in total. The summed E-state index contributed by atoms with van der Waals surface area (Å²) >= 11 is 17.6. The third-order valence-corrected chi connectivity index (χ3v) is 4.80. The van der Waals surface area contributed by atoms with E-state index in [4.69, 9.17) is 44.3 Å². The molecule has 0 saturated carbocycles. The molecule has 2 aromatic carbocycles. The van der Waals surface area contributed by atoms with Gasteiger partial charge in [-0.1, -0.05) is 23.2 Å². The van der Waals surface area contributed by atoms with Crippen molar-refractivity contribution < 1.29 is 32.9 Å². The van der Waals surface area contributed by atoms with Gasteiger partial charge in [-0.05, 0) is 36.4 Å². The summed E-state index contributed by atoms with van der Waals surface area (Å²) in [5.74, 6) is -3.52. The monoisotopic (exact) mass is 482 g/mol. The summed E-state index contributed by atoms with van der Waals surface area (Å²) < 4.78 is 45.1. The molecule has 0 unspecified atom stereocenters. The lowest BCUT2D eigenvalue weighted by molar-refractivity contribution is -0.124. The number of Topliss-reactive ketones (excluding diaryl/α,β-unsaturated/α-hetero) is 1. The summed E-state index contributed by atoms with van der Waals surface area (Å²) in [7, 11) is 1.38. The van der Waals surface area contributed by atoms with Gasteiger partial charge in [0, 0.05) is 18.2 Å². The molecular weight excluding hydrogens is 465 g/mol. The molecule has 0 amide bonds. The number of carbonyl (C=O) groups is 1. The first-order chi connectivity index (χ1) is 14.2. The molecule has 1 N–H and O–H groups in total. The van der Waals surface area contributed by atoms with Crippen molar-refractivity contribution >= 4 is 40.6 Å². The smallest absolute Gasteiger partial charge is 0.298 e. The number of carbonyl (C=O) groups excluding carboxylic acids is 1. The number of methoxy groups -OCH3 is 1. The molecule has 1 atom stereocenters. The quantitative estimate of drug-likeness (QED) is 0.469. The van der Waals surface area contributed by atoms with Crippen LogP contribution in [-0.2, 0) is 15.5 Å². The summed E-state index contributed by atoms with van der Waals surface area (Å²) in [5.41, 5.74) is -0.761. The lowest BCUT2D eigenvalue weighted by Crippen LogP contribution is -2.19. The molecule has 0 aliphatic heterocycles. The summed E-state index contributed by atoms with van der Waals surface area (Å²) in [6.45, 7) is -0.510. The van der Waals surface area contributed by atoms with Crippen LogP contribution in [0, 0.1) is 0 Å².